The fourth-order valence-electron chi connectivity index (χ4n) is 2.53. The molecule has 1 aliphatic rings. The van der Waals surface area contributed by atoms with Crippen LogP contribution in [0.5, 0.6) is 0 Å². The van der Waals surface area contributed by atoms with Gasteiger partial charge in [0, 0.05) is 30.0 Å². The van der Waals surface area contributed by atoms with Crippen LogP contribution in [0.15, 0.2) is 35.1 Å². The van der Waals surface area contributed by atoms with Gasteiger partial charge in [-0.25, -0.2) is 4.98 Å². The Morgan fingerprint density at radius 3 is 2.73 bits per heavy atom. The Balaban J connectivity index is 1.76. The number of anilines is 2. The SMILES string of the molecule is Cc1nc(N2CCCC2)ccc1NC(=O)c1cncc(Br)c1. The van der Waals surface area contributed by atoms with Gasteiger partial charge in [-0.1, -0.05) is 0 Å². The second kappa shape index (κ2) is 6.44. The van der Waals surface area contributed by atoms with Crippen LogP contribution < -0.4 is 10.2 Å². The molecule has 0 saturated carbocycles. The number of carbonyl (C=O) groups is 1. The van der Waals surface area contributed by atoms with Gasteiger partial charge in [0.05, 0.1) is 16.9 Å². The molecule has 1 amide bonds. The van der Waals surface area contributed by atoms with Gasteiger partial charge in [0.2, 0.25) is 0 Å². The van der Waals surface area contributed by atoms with Crippen LogP contribution in [0.2, 0.25) is 0 Å². The fraction of sp³-hybridized carbons (Fsp3) is 0.312. The second-order valence-electron chi connectivity index (χ2n) is 5.34. The van der Waals surface area contributed by atoms with Crippen molar-refractivity contribution in [3.05, 3.63) is 46.3 Å². The lowest BCUT2D eigenvalue weighted by molar-refractivity contribution is 0.102. The summed E-state index contributed by atoms with van der Waals surface area (Å²) in [7, 11) is 0. The van der Waals surface area contributed by atoms with Gasteiger partial charge < -0.3 is 10.2 Å². The van der Waals surface area contributed by atoms with E-state index in [-0.39, 0.29) is 5.91 Å². The highest BCUT2D eigenvalue weighted by Crippen LogP contribution is 2.22. The van der Waals surface area contributed by atoms with Crippen molar-refractivity contribution in [2.75, 3.05) is 23.3 Å². The van der Waals surface area contributed by atoms with Gasteiger partial charge in [0.25, 0.3) is 5.91 Å². The number of nitrogens with one attached hydrogen (secondary N) is 1. The number of hydrogen-bond donors (Lipinski definition) is 1. The van der Waals surface area contributed by atoms with Crippen LogP contribution in [-0.2, 0) is 0 Å². The summed E-state index contributed by atoms with van der Waals surface area (Å²) >= 11 is 3.32. The molecule has 2 aromatic heterocycles. The predicted octanol–water partition coefficient (Wildman–Crippen LogP) is 3.40. The zero-order chi connectivity index (χ0) is 15.5. The van der Waals surface area contributed by atoms with E-state index in [1.165, 1.54) is 12.8 Å². The van der Waals surface area contributed by atoms with Crippen LogP contribution in [-0.4, -0.2) is 29.0 Å². The molecule has 1 saturated heterocycles. The van der Waals surface area contributed by atoms with E-state index in [9.17, 15) is 4.79 Å². The molecule has 3 rings (SSSR count). The van der Waals surface area contributed by atoms with Crippen LogP contribution >= 0.6 is 15.9 Å². The number of pyridine rings is 2. The monoisotopic (exact) mass is 360 g/mol. The van der Waals surface area contributed by atoms with Crippen molar-refractivity contribution in [2.45, 2.75) is 19.8 Å². The van der Waals surface area contributed by atoms with Crippen molar-refractivity contribution < 1.29 is 4.79 Å². The number of halogens is 1. The maximum absolute atomic E-state index is 12.2. The summed E-state index contributed by atoms with van der Waals surface area (Å²) in [6.45, 7) is 4.03. The fourth-order valence-corrected chi connectivity index (χ4v) is 2.90. The average molecular weight is 361 g/mol. The van der Waals surface area contributed by atoms with E-state index in [0.717, 1.165) is 34.8 Å². The Labute approximate surface area is 137 Å². The summed E-state index contributed by atoms with van der Waals surface area (Å²) in [6.07, 6.45) is 5.63. The van der Waals surface area contributed by atoms with Crippen molar-refractivity contribution in [3.8, 4) is 0 Å². The van der Waals surface area contributed by atoms with Gasteiger partial charge in [-0.05, 0) is 53.9 Å². The number of amides is 1. The minimum Gasteiger partial charge on any atom is -0.357 e. The highest BCUT2D eigenvalue weighted by molar-refractivity contribution is 9.10. The topological polar surface area (TPSA) is 58.1 Å². The Morgan fingerprint density at radius 2 is 2.05 bits per heavy atom. The number of aryl methyl sites for hydroxylation is 1. The largest absolute Gasteiger partial charge is 0.357 e. The molecule has 0 radical (unpaired) electrons. The lowest BCUT2D eigenvalue weighted by Gasteiger charge is -2.18. The zero-order valence-electron chi connectivity index (χ0n) is 12.3. The first-order valence-electron chi connectivity index (χ1n) is 7.28. The average Bonchev–Trinajstić information content (AvgIpc) is 3.03. The molecule has 1 fully saturated rings. The third-order valence-corrected chi connectivity index (χ3v) is 4.15. The smallest absolute Gasteiger partial charge is 0.257 e. The van der Waals surface area contributed by atoms with Crippen molar-refractivity contribution in [2.24, 2.45) is 0 Å². The first kappa shape index (κ1) is 15.0. The van der Waals surface area contributed by atoms with E-state index in [2.05, 4.69) is 36.1 Å². The van der Waals surface area contributed by atoms with Gasteiger partial charge in [0.1, 0.15) is 5.82 Å². The van der Waals surface area contributed by atoms with Crippen LogP contribution in [0, 0.1) is 6.92 Å². The maximum Gasteiger partial charge on any atom is 0.257 e. The minimum absolute atomic E-state index is 0.187. The number of aromatic nitrogens is 2. The molecular weight excluding hydrogens is 344 g/mol. The van der Waals surface area contributed by atoms with Gasteiger partial charge in [-0.2, -0.15) is 0 Å². The summed E-state index contributed by atoms with van der Waals surface area (Å²) < 4.78 is 0.777. The summed E-state index contributed by atoms with van der Waals surface area (Å²) in [5.74, 6) is 0.796. The van der Waals surface area contributed by atoms with E-state index < -0.39 is 0 Å². The lowest BCUT2D eigenvalue weighted by atomic mass is 10.2. The maximum atomic E-state index is 12.2. The first-order chi connectivity index (χ1) is 10.6. The molecule has 0 aliphatic carbocycles. The molecule has 0 spiro atoms. The number of hydrogen-bond acceptors (Lipinski definition) is 4. The third kappa shape index (κ3) is 3.27. The summed E-state index contributed by atoms with van der Waals surface area (Å²) in [5.41, 5.74) is 2.06. The van der Waals surface area contributed by atoms with Crippen molar-refractivity contribution >= 4 is 33.3 Å². The summed E-state index contributed by atoms with van der Waals surface area (Å²) in [5, 5.41) is 2.89. The molecule has 22 heavy (non-hydrogen) atoms. The molecular formula is C16H17BrN4O. The van der Waals surface area contributed by atoms with Gasteiger partial charge in [0.15, 0.2) is 0 Å². The van der Waals surface area contributed by atoms with Gasteiger partial charge in [-0.15, -0.1) is 0 Å². The third-order valence-electron chi connectivity index (χ3n) is 3.72. The van der Waals surface area contributed by atoms with Crippen LogP contribution in [0.3, 0.4) is 0 Å². The quantitative estimate of drug-likeness (QED) is 0.911. The molecule has 5 nitrogen and oxygen atoms in total. The number of nitrogens with zero attached hydrogens (tertiary/aromatic N) is 3. The molecule has 1 N–H and O–H groups in total. The van der Waals surface area contributed by atoms with E-state index in [1.807, 2.05) is 19.1 Å². The minimum atomic E-state index is -0.187. The Morgan fingerprint density at radius 1 is 1.27 bits per heavy atom. The molecule has 6 heteroatoms. The van der Waals surface area contributed by atoms with Crippen LogP contribution in [0.1, 0.15) is 28.9 Å². The Bertz CT molecular complexity index is 698. The van der Waals surface area contributed by atoms with E-state index in [4.69, 9.17) is 0 Å². The molecule has 0 aromatic carbocycles. The van der Waals surface area contributed by atoms with Gasteiger partial charge >= 0.3 is 0 Å². The molecule has 0 unspecified atom stereocenters. The first-order valence-corrected chi connectivity index (χ1v) is 8.07. The van der Waals surface area contributed by atoms with Crippen molar-refractivity contribution in [3.63, 3.8) is 0 Å². The zero-order valence-corrected chi connectivity index (χ0v) is 13.9. The molecule has 0 atom stereocenters. The molecule has 114 valence electrons. The van der Waals surface area contributed by atoms with E-state index in [0.29, 0.717) is 5.56 Å². The number of carbonyl (C=O) groups excluding carboxylic acids is 1. The molecule has 1 aliphatic heterocycles. The van der Waals surface area contributed by atoms with E-state index >= 15 is 0 Å². The van der Waals surface area contributed by atoms with E-state index in [1.54, 1.807) is 18.5 Å². The van der Waals surface area contributed by atoms with Crippen molar-refractivity contribution in [1.29, 1.82) is 0 Å². The number of rotatable bonds is 3. The summed E-state index contributed by atoms with van der Waals surface area (Å²) in [4.78, 5) is 23.1. The summed E-state index contributed by atoms with van der Waals surface area (Å²) in [6, 6.07) is 5.62. The van der Waals surface area contributed by atoms with Crippen LogP contribution in [0.25, 0.3) is 0 Å². The molecule has 3 heterocycles. The Kier molecular flexibility index (Phi) is 4.38. The van der Waals surface area contributed by atoms with Crippen LogP contribution in [0.4, 0.5) is 11.5 Å². The highest BCUT2D eigenvalue weighted by Gasteiger charge is 2.15. The predicted molar refractivity (Wildman–Crippen MR) is 90.3 cm³/mol. The van der Waals surface area contributed by atoms with Gasteiger partial charge in [-0.3, -0.25) is 9.78 Å². The highest BCUT2D eigenvalue weighted by atomic mass is 79.9. The Hall–Kier alpha value is -1.95. The van der Waals surface area contributed by atoms with Crippen molar-refractivity contribution in [1.82, 2.24) is 9.97 Å². The second-order valence-corrected chi connectivity index (χ2v) is 6.26. The molecule has 2 aromatic rings. The molecule has 0 bridgehead atoms. The standard InChI is InChI=1S/C16H17BrN4O/c1-11-14(4-5-15(19-11)21-6-2-3-7-21)20-16(22)12-8-13(17)10-18-9-12/h4-5,8-10H,2-3,6-7H2,1H3,(H,20,22). The lowest BCUT2D eigenvalue weighted by Crippen LogP contribution is -2.20. The normalized spacial score (nSPS) is 14.2.